The van der Waals surface area contributed by atoms with Crippen molar-refractivity contribution in [1.82, 2.24) is 4.72 Å². The third-order valence-electron chi connectivity index (χ3n) is 3.68. The monoisotopic (exact) mass is 297 g/mol. The normalized spacial score (nSPS) is 18.6. The van der Waals surface area contributed by atoms with E-state index in [1.807, 2.05) is 19.9 Å². The van der Waals surface area contributed by atoms with Crippen LogP contribution in [0.1, 0.15) is 26.7 Å². The first-order valence-corrected chi connectivity index (χ1v) is 8.50. The van der Waals surface area contributed by atoms with Crippen molar-refractivity contribution in [1.29, 1.82) is 0 Å². The second-order valence-electron chi connectivity index (χ2n) is 5.54. The highest BCUT2D eigenvalue weighted by Gasteiger charge is 2.29. The Bertz CT molecular complexity index is 555. The highest BCUT2D eigenvalue weighted by atomic mass is 32.2. The van der Waals surface area contributed by atoms with E-state index >= 15 is 0 Å². The Hall–Kier alpha value is -1.11. The van der Waals surface area contributed by atoms with E-state index in [9.17, 15) is 8.42 Å². The number of benzene rings is 1. The van der Waals surface area contributed by atoms with Gasteiger partial charge >= 0.3 is 0 Å². The van der Waals surface area contributed by atoms with Crippen LogP contribution in [0, 0.1) is 5.92 Å². The Labute approximate surface area is 121 Å². The molecule has 0 aromatic heterocycles. The summed E-state index contributed by atoms with van der Waals surface area (Å²) in [7, 11) is -3.45. The van der Waals surface area contributed by atoms with Crippen LogP contribution in [0.3, 0.4) is 0 Å². The molecule has 0 amide bonds. The minimum Gasteiger partial charge on any atom is -0.381 e. The molecule has 0 radical (unpaired) electrons. The van der Waals surface area contributed by atoms with Crippen molar-refractivity contribution >= 4 is 15.7 Å². The van der Waals surface area contributed by atoms with Crippen molar-refractivity contribution < 1.29 is 8.42 Å². The summed E-state index contributed by atoms with van der Waals surface area (Å²) in [6.45, 7) is 4.61. The zero-order valence-electron chi connectivity index (χ0n) is 12.0. The number of rotatable bonds is 7. The standard InChI is InChI=1S/C14H23N3O2S/c1-10(9-15)11(2)16-13-5-3-4-6-14(13)20(18,19)17-12-7-8-12/h3-6,10-12,16-17H,7-9,15H2,1-2H3. The highest BCUT2D eigenvalue weighted by Crippen LogP contribution is 2.26. The summed E-state index contributed by atoms with van der Waals surface area (Å²) in [4.78, 5) is 0.308. The number of nitrogens with two attached hydrogens (primary N) is 1. The Kier molecular flexibility index (Phi) is 4.67. The second kappa shape index (κ2) is 6.11. The van der Waals surface area contributed by atoms with Gasteiger partial charge in [-0.25, -0.2) is 13.1 Å². The molecule has 1 aliphatic carbocycles. The van der Waals surface area contributed by atoms with Gasteiger partial charge in [0.2, 0.25) is 10.0 Å². The van der Waals surface area contributed by atoms with Gasteiger partial charge in [-0.15, -0.1) is 0 Å². The van der Waals surface area contributed by atoms with Gasteiger partial charge in [0.15, 0.2) is 0 Å². The average Bonchev–Trinajstić information content (AvgIpc) is 3.21. The van der Waals surface area contributed by atoms with Crippen LogP contribution >= 0.6 is 0 Å². The molecule has 4 N–H and O–H groups in total. The second-order valence-corrected chi connectivity index (χ2v) is 7.22. The van der Waals surface area contributed by atoms with Crippen molar-refractivity contribution in [3.63, 3.8) is 0 Å². The maximum absolute atomic E-state index is 12.3. The van der Waals surface area contributed by atoms with Crippen LogP contribution in [0.5, 0.6) is 0 Å². The summed E-state index contributed by atoms with van der Waals surface area (Å²) in [5.74, 6) is 0.266. The number of anilines is 1. The molecular formula is C14H23N3O2S. The van der Waals surface area contributed by atoms with Gasteiger partial charge in [-0.2, -0.15) is 0 Å². The molecule has 6 heteroatoms. The number of nitrogens with one attached hydrogen (secondary N) is 2. The smallest absolute Gasteiger partial charge is 0.242 e. The third kappa shape index (κ3) is 3.71. The lowest BCUT2D eigenvalue weighted by atomic mass is 10.0. The molecule has 2 atom stereocenters. The van der Waals surface area contributed by atoms with Gasteiger partial charge < -0.3 is 11.1 Å². The molecule has 20 heavy (non-hydrogen) atoms. The third-order valence-corrected chi connectivity index (χ3v) is 5.26. The van der Waals surface area contributed by atoms with Gasteiger partial charge in [0.1, 0.15) is 4.90 Å². The molecule has 2 unspecified atom stereocenters. The van der Waals surface area contributed by atoms with Crippen molar-refractivity contribution in [2.75, 3.05) is 11.9 Å². The van der Waals surface area contributed by atoms with E-state index in [1.54, 1.807) is 18.2 Å². The van der Waals surface area contributed by atoms with Crippen LogP contribution in [0.4, 0.5) is 5.69 Å². The van der Waals surface area contributed by atoms with Crippen LogP contribution in [-0.4, -0.2) is 27.0 Å². The molecule has 1 fully saturated rings. The number of para-hydroxylation sites is 1. The molecule has 0 spiro atoms. The highest BCUT2D eigenvalue weighted by molar-refractivity contribution is 7.89. The Morgan fingerprint density at radius 2 is 1.95 bits per heavy atom. The Morgan fingerprint density at radius 1 is 1.30 bits per heavy atom. The zero-order valence-corrected chi connectivity index (χ0v) is 12.8. The molecule has 112 valence electrons. The summed E-state index contributed by atoms with van der Waals surface area (Å²) in [6.07, 6.45) is 1.85. The Balaban J connectivity index is 2.21. The summed E-state index contributed by atoms with van der Waals surface area (Å²) < 4.78 is 27.4. The molecule has 0 saturated heterocycles. The molecule has 5 nitrogen and oxygen atoms in total. The van der Waals surface area contributed by atoms with Gasteiger partial charge in [-0.3, -0.25) is 0 Å². The average molecular weight is 297 g/mol. The lowest BCUT2D eigenvalue weighted by Crippen LogP contribution is -2.31. The summed E-state index contributed by atoms with van der Waals surface area (Å²) in [6, 6.07) is 7.21. The summed E-state index contributed by atoms with van der Waals surface area (Å²) >= 11 is 0. The lowest BCUT2D eigenvalue weighted by Gasteiger charge is -2.22. The summed E-state index contributed by atoms with van der Waals surface area (Å²) in [5, 5.41) is 3.26. The molecule has 1 aromatic rings. The van der Waals surface area contributed by atoms with E-state index < -0.39 is 10.0 Å². The minimum atomic E-state index is -3.45. The fourth-order valence-electron chi connectivity index (χ4n) is 1.90. The van der Waals surface area contributed by atoms with E-state index in [1.165, 1.54) is 0 Å². The number of sulfonamides is 1. The lowest BCUT2D eigenvalue weighted by molar-refractivity contribution is 0.520. The number of hydrogen-bond donors (Lipinski definition) is 3. The van der Waals surface area contributed by atoms with E-state index in [0.29, 0.717) is 17.1 Å². The van der Waals surface area contributed by atoms with E-state index in [4.69, 9.17) is 5.73 Å². The molecule has 1 saturated carbocycles. The topological polar surface area (TPSA) is 84.2 Å². The van der Waals surface area contributed by atoms with Crippen molar-refractivity contribution in [3.8, 4) is 0 Å². The van der Waals surface area contributed by atoms with Crippen LogP contribution < -0.4 is 15.8 Å². The maximum atomic E-state index is 12.3. The quantitative estimate of drug-likeness (QED) is 0.712. The molecule has 1 aromatic carbocycles. The Morgan fingerprint density at radius 3 is 2.55 bits per heavy atom. The van der Waals surface area contributed by atoms with Crippen LogP contribution in [-0.2, 0) is 10.0 Å². The predicted octanol–water partition coefficient (Wildman–Crippen LogP) is 1.52. The first kappa shape index (κ1) is 15.3. The zero-order chi connectivity index (χ0) is 14.8. The van der Waals surface area contributed by atoms with E-state index in [2.05, 4.69) is 10.0 Å². The van der Waals surface area contributed by atoms with Gasteiger partial charge in [0.25, 0.3) is 0 Å². The van der Waals surface area contributed by atoms with Gasteiger partial charge in [0.05, 0.1) is 5.69 Å². The number of hydrogen-bond acceptors (Lipinski definition) is 4. The maximum Gasteiger partial charge on any atom is 0.242 e. The fraction of sp³-hybridized carbons (Fsp3) is 0.571. The van der Waals surface area contributed by atoms with Gasteiger partial charge in [-0.05, 0) is 44.4 Å². The molecule has 0 aliphatic heterocycles. The predicted molar refractivity (Wildman–Crippen MR) is 81.1 cm³/mol. The van der Waals surface area contributed by atoms with Crippen molar-refractivity contribution in [2.24, 2.45) is 11.7 Å². The first-order chi connectivity index (χ1) is 9.44. The molecule has 2 rings (SSSR count). The van der Waals surface area contributed by atoms with Crippen molar-refractivity contribution in [2.45, 2.75) is 43.7 Å². The van der Waals surface area contributed by atoms with Crippen LogP contribution in [0.15, 0.2) is 29.2 Å². The first-order valence-electron chi connectivity index (χ1n) is 7.02. The fourth-order valence-corrected chi connectivity index (χ4v) is 3.37. The molecule has 0 heterocycles. The van der Waals surface area contributed by atoms with Crippen molar-refractivity contribution in [3.05, 3.63) is 24.3 Å². The van der Waals surface area contributed by atoms with Gasteiger partial charge in [-0.1, -0.05) is 19.1 Å². The van der Waals surface area contributed by atoms with Crippen LogP contribution in [0.2, 0.25) is 0 Å². The molecule has 0 bridgehead atoms. The molecular weight excluding hydrogens is 274 g/mol. The van der Waals surface area contributed by atoms with Gasteiger partial charge in [0, 0.05) is 12.1 Å². The minimum absolute atomic E-state index is 0.105. The molecule has 1 aliphatic rings. The SMILES string of the molecule is CC(CN)C(C)Nc1ccccc1S(=O)(=O)NC1CC1. The van der Waals surface area contributed by atoms with E-state index in [0.717, 1.165) is 12.8 Å². The summed E-state index contributed by atoms with van der Waals surface area (Å²) in [5.41, 5.74) is 6.29. The van der Waals surface area contributed by atoms with Crippen LogP contribution in [0.25, 0.3) is 0 Å². The largest absolute Gasteiger partial charge is 0.381 e. The van der Waals surface area contributed by atoms with E-state index in [-0.39, 0.29) is 18.0 Å².